The van der Waals surface area contributed by atoms with Crippen LogP contribution in [0.5, 0.6) is 0 Å². The van der Waals surface area contributed by atoms with Crippen LogP contribution in [0, 0.1) is 0 Å². The predicted molar refractivity (Wildman–Crippen MR) is 90.4 cm³/mol. The molecule has 3 heterocycles. The molecule has 0 bridgehead atoms. The van der Waals surface area contributed by atoms with E-state index in [9.17, 15) is 4.79 Å². The van der Waals surface area contributed by atoms with Crippen LogP contribution in [0.3, 0.4) is 0 Å². The number of rotatable bonds is 6. The number of ether oxygens (including phenoxy) is 1. The van der Waals surface area contributed by atoms with E-state index < -0.39 is 0 Å². The van der Waals surface area contributed by atoms with Crippen LogP contribution < -0.4 is 5.32 Å². The second-order valence-corrected chi connectivity index (χ2v) is 6.49. The zero-order valence-corrected chi connectivity index (χ0v) is 13.8. The third-order valence-electron chi connectivity index (χ3n) is 3.91. The molecule has 1 N–H and O–H groups in total. The van der Waals surface area contributed by atoms with Gasteiger partial charge in [-0.15, -0.1) is 11.3 Å². The maximum absolute atomic E-state index is 12.8. The lowest BCUT2D eigenvalue weighted by atomic mass is 10.1. The molecule has 2 aromatic rings. The van der Waals surface area contributed by atoms with Gasteiger partial charge in [0.25, 0.3) is 0 Å². The largest absolute Gasteiger partial charge is 0.379 e. The summed E-state index contributed by atoms with van der Waals surface area (Å²) in [6.07, 6.45) is 4.37. The molecule has 3 rings (SSSR count). The molecule has 0 aromatic carbocycles. The van der Waals surface area contributed by atoms with Gasteiger partial charge in [-0.1, -0.05) is 12.1 Å². The number of nitrogens with zero attached hydrogens (tertiary/aromatic N) is 2. The molecular weight excluding hydrogens is 310 g/mol. The molecule has 0 spiro atoms. The molecule has 0 aliphatic carbocycles. The fraction of sp³-hybridized carbons (Fsp3) is 0.412. The van der Waals surface area contributed by atoms with Crippen molar-refractivity contribution in [3.05, 3.63) is 52.5 Å². The molecule has 5 nitrogen and oxygen atoms in total. The Bertz CT molecular complexity index is 598. The van der Waals surface area contributed by atoms with Gasteiger partial charge in [-0.2, -0.15) is 0 Å². The zero-order chi connectivity index (χ0) is 15.9. The fourth-order valence-corrected chi connectivity index (χ4v) is 3.47. The number of carbonyl (C=O) groups is 1. The standard InChI is InChI=1S/C17H21N3O2S/c21-17(19-7-5-15-4-2-12-23-15)16(14-3-1-6-18-13-14)20-8-10-22-11-9-20/h1-4,6,12-13,16H,5,7-11H2,(H,19,21). The maximum Gasteiger partial charge on any atom is 0.242 e. The van der Waals surface area contributed by atoms with Crippen molar-refractivity contribution in [2.24, 2.45) is 0 Å². The summed E-state index contributed by atoms with van der Waals surface area (Å²) in [6, 6.07) is 7.68. The first-order chi connectivity index (χ1) is 11.3. The normalized spacial score (nSPS) is 16.9. The molecular formula is C17H21N3O2S. The molecule has 1 amide bonds. The fourth-order valence-electron chi connectivity index (χ4n) is 2.76. The highest BCUT2D eigenvalue weighted by atomic mass is 32.1. The lowest BCUT2D eigenvalue weighted by Gasteiger charge is -2.33. The number of hydrogen-bond acceptors (Lipinski definition) is 5. The van der Waals surface area contributed by atoms with E-state index in [0.717, 1.165) is 25.1 Å². The summed E-state index contributed by atoms with van der Waals surface area (Å²) in [6.45, 7) is 3.51. The van der Waals surface area contributed by atoms with Crippen LogP contribution >= 0.6 is 11.3 Å². The van der Waals surface area contributed by atoms with Crippen molar-refractivity contribution in [2.75, 3.05) is 32.8 Å². The molecule has 1 fully saturated rings. The molecule has 0 radical (unpaired) electrons. The Kier molecular flexibility index (Phi) is 5.74. The number of morpholine rings is 1. The summed E-state index contributed by atoms with van der Waals surface area (Å²) in [5.41, 5.74) is 0.933. The number of pyridine rings is 1. The minimum Gasteiger partial charge on any atom is -0.379 e. The van der Waals surface area contributed by atoms with Crippen LogP contribution in [-0.2, 0) is 16.0 Å². The number of amides is 1. The third-order valence-corrected chi connectivity index (χ3v) is 4.85. The zero-order valence-electron chi connectivity index (χ0n) is 13.0. The topological polar surface area (TPSA) is 54.5 Å². The Morgan fingerprint density at radius 2 is 2.22 bits per heavy atom. The Morgan fingerprint density at radius 3 is 2.91 bits per heavy atom. The van der Waals surface area contributed by atoms with Gasteiger partial charge in [0.1, 0.15) is 6.04 Å². The second-order valence-electron chi connectivity index (χ2n) is 5.46. The number of nitrogens with one attached hydrogen (secondary N) is 1. The van der Waals surface area contributed by atoms with Crippen LogP contribution in [0.2, 0.25) is 0 Å². The summed E-state index contributed by atoms with van der Waals surface area (Å²) in [7, 11) is 0. The lowest BCUT2D eigenvalue weighted by Crippen LogP contribution is -2.46. The van der Waals surface area contributed by atoms with Crippen molar-refractivity contribution in [1.29, 1.82) is 0 Å². The van der Waals surface area contributed by atoms with Gasteiger partial charge in [-0.05, 0) is 29.5 Å². The molecule has 23 heavy (non-hydrogen) atoms. The van der Waals surface area contributed by atoms with Gasteiger partial charge in [0, 0.05) is 36.9 Å². The molecule has 122 valence electrons. The summed E-state index contributed by atoms with van der Waals surface area (Å²) in [5, 5.41) is 5.13. The van der Waals surface area contributed by atoms with Gasteiger partial charge in [-0.25, -0.2) is 0 Å². The highest BCUT2D eigenvalue weighted by Crippen LogP contribution is 2.21. The molecule has 2 aromatic heterocycles. The van der Waals surface area contributed by atoms with Crippen LogP contribution in [-0.4, -0.2) is 48.6 Å². The number of thiophene rings is 1. The summed E-state index contributed by atoms with van der Waals surface area (Å²) in [5.74, 6) is 0.0384. The van der Waals surface area contributed by atoms with E-state index in [1.807, 2.05) is 18.2 Å². The highest BCUT2D eigenvalue weighted by Gasteiger charge is 2.28. The van der Waals surface area contributed by atoms with Gasteiger partial charge in [0.15, 0.2) is 0 Å². The summed E-state index contributed by atoms with van der Waals surface area (Å²) >= 11 is 1.72. The average molecular weight is 331 g/mol. The minimum atomic E-state index is -0.295. The molecule has 1 aliphatic rings. The van der Waals surface area contributed by atoms with E-state index in [-0.39, 0.29) is 11.9 Å². The molecule has 1 aliphatic heterocycles. The summed E-state index contributed by atoms with van der Waals surface area (Å²) < 4.78 is 5.41. The van der Waals surface area contributed by atoms with Crippen molar-refractivity contribution >= 4 is 17.2 Å². The van der Waals surface area contributed by atoms with Crippen LogP contribution in [0.15, 0.2) is 42.0 Å². The number of aromatic nitrogens is 1. The van der Waals surface area contributed by atoms with Crippen molar-refractivity contribution < 1.29 is 9.53 Å². The molecule has 0 saturated carbocycles. The Morgan fingerprint density at radius 1 is 1.35 bits per heavy atom. The van der Waals surface area contributed by atoms with Gasteiger partial charge in [-0.3, -0.25) is 14.7 Å². The van der Waals surface area contributed by atoms with E-state index >= 15 is 0 Å². The Hall–Kier alpha value is -1.76. The van der Waals surface area contributed by atoms with Gasteiger partial charge >= 0.3 is 0 Å². The van der Waals surface area contributed by atoms with Crippen molar-refractivity contribution in [1.82, 2.24) is 15.2 Å². The van der Waals surface area contributed by atoms with E-state index in [4.69, 9.17) is 4.74 Å². The van der Waals surface area contributed by atoms with Crippen LogP contribution in [0.25, 0.3) is 0 Å². The van der Waals surface area contributed by atoms with Crippen molar-refractivity contribution in [3.8, 4) is 0 Å². The van der Waals surface area contributed by atoms with E-state index in [2.05, 4.69) is 26.6 Å². The quantitative estimate of drug-likeness (QED) is 0.878. The molecule has 1 atom stereocenters. The third kappa shape index (κ3) is 4.37. The molecule has 6 heteroatoms. The first-order valence-corrected chi connectivity index (χ1v) is 8.74. The monoisotopic (exact) mass is 331 g/mol. The van der Waals surface area contributed by atoms with E-state index in [1.165, 1.54) is 4.88 Å². The molecule has 1 saturated heterocycles. The predicted octanol–water partition coefficient (Wildman–Crippen LogP) is 1.88. The minimum absolute atomic E-state index is 0.0384. The molecule has 1 unspecified atom stereocenters. The SMILES string of the molecule is O=C(NCCc1cccs1)C(c1cccnc1)N1CCOCC1. The highest BCUT2D eigenvalue weighted by molar-refractivity contribution is 7.09. The average Bonchev–Trinajstić information content (AvgIpc) is 3.10. The second kappa shape index (κ2) is 8.19. The van der Waals surface area contributed by atoms with Gasteiger partial charge in [0.05, 0.1) is 13.2 Å². The maximum atomic E-state index is 12.8. The lowest BCUT2D eigenvalue weighted by molar-refractivity contribution is -0.128. The van der Waals surface area contributed by atoms with Gasteiger partial charge < -0.3 is 10.1 Å². The Labute approximate surface area is 140 Å². The number of carbonyl (C=O) groups excluding carboxylic acids is 1. The van der Waals surface area contributed by atoms with Crippen LogP contribution in [0.1, 0.15) is 16.5 Å². The number of hydrogen-bond donors (Lipinski definition) is 1. The Balaban J connectivity index is 1.65. The van der Waals surface area contributed by atoms with Crippen LogP contribution in [0.4, 0.5) is 0 Å². The first kappa shape index (κ1) is 16.1. The smallest absolute Gasteiger partial charge is 0.242 e. The van der Waals surface area contributed by atoms with E-state index in [1.54, 1.807) is 23.7 Å². The van der Waals surface area contributed by atoms with Crippen molar-refractivity contribution in [2.45, 2.75) is 12.5 Å². The van der Waals surface area contributed by atoms with Crippen molar-refractivity contribution in [3.63, 3.8) is 0 Å². The van der Waals surface area contributed by atoms with Gasteiger partial charge in [0.2, 0.25) is 5.91 Å². The first-order valence-electron chi connectivity index (χ1n) is 7.86. The summed E-state index contributed by atoms with van der Waals surface area (Å²) in [4.78, 5) is 20.4. The van der Waals surface area contributed by atoms with E-state index in [0.29, 0.717) is 19.8 Å².